The van der Waals surface area contributed by atoms with Crippen LogP contribution in [0.2, 0.25) is 0 Å². The quantitative estimate of drug-likeness (QED) is 0.612. The molecule has 2 aromatic carbocycles. The normalized spacial score (nSPS) is 13.1. The van der Waals surface area contributed by atoms with E-state index in [2.05, 4.69) is 31.9 Å². The molecule has 0 aliphatic heterocycles. The van der Waals surface area contributed by atoms with Crippen molar-refractivity contribution < 1.29 is 18.9 Å². The minimum atomic E-state index is -0.501. The van der Waals surface area contributed by atoms with E-state index in [9.17, 15) is 0 Å². The molecule has 26 heavy (non-hydrogen) atoms. The maximum atomic E-state index is 6.47. The van der Waals surface area contributed by atoms with E-state index in [0.29, 0.717) is 23.0 Å². The SMILES string of the molecule is COc1cc(Br)c(C(N)C(N)c2cc(OC)c(OC)cc2Br)cc1OC. The molecule has 0 aromatic heterocycles. The number of hydrogen-bond acceptors (Lipinski definition) is 6. The van der Waals surface area contributed by atoms with Crippen LogP contribution in [0.25, 0.3) is 0 Å². The fraction of sp³-hybridized carbons (Fsp3) is 0.333. The molecule has 0 spiro atoms. The standard InChI is InChI=1S/C18H22Br2N2O4/c1-23-13-5-9(11(19)7-15(13)25-3)17(21)18(22)10-6-14(24-2)16(26-4)8-12(10)20/h5-8,17-18H,21-22H2,1-4H3. The molecule has 4 N–H and O–H groups in total. The summed E-state index contributed by atoms with van der Waals surface area (Å²) in [6.07, 6.45) is 0. The van der Waals surface area contributed by atoms with Gasteiger partial charge in [-0.25, -0.2) is 0 Å². The Morgan fingerprint density at radius 1 is 0.615 bits per heavy atom. The topological polar surface area (TPSA) is 89.0 Å². The molecular weight excluding hydrogens is 468 g/mol. The highest BCUT2D eigenvalue weighted by Crippen LogP contribution is 2.41. The van der Waals surface area contributed by atoms with Crippen LogP contribution in [0.1, 0.15) is 23.2 Å². The molecule has 0 saturated heterocycles. The fourth-order valence-electron chi connectivity index (χ4n) is 2.64. The maximum Gasteiger partial charge on any atom is 0.161 e. The lowest BCUT2D eigenvalue weighted by atomic mass is 9.94. The molecule has 0 radical (unpaired) electrons. The van der Waals surface area contributed by atoms with Crippen LogP contribution >= 0.6 is 31.9 Å². The summed E-state index contributed by atoms with van der Waals surface area (Å²) in [4.78, 5) is 0. The van der Waals surface area contributed by atoms with Crippen molar-refractivity contribution >= 4 is 31.9 Å². The van der Waals surface area contributed by atoms with Gasteiger partial charge < -0.3 is 30.4 Å². The first-order valence-electron chi connectivity index (χ1n) is 7.71. The number of benzene rings is 2. The van der Waals surface area contributed by atoms with Gasteiger partial charge in [-0.2, -0.15) is 0 Å². The molecule has 0 aliphatic carbocycles. The van der Waals surface area contributed by atoms with Gasteiger partial charge in [0.25, 0.3) is 0 Å². The summed E-state index contributed by atoms with van der Waals surface area (Å²) in [7, 11) is 6.31. The van der Waals surface area contributed by atoms with Crippen LogP contribution in [0.3, 0.4) is 0 Å². The second-order valence-electron chi connectivity index (χ2n) is 5.51. The minimum absolute atomic E-state index is 0.501. The van der Waals surface area contributed by atoms with Crippen molar-refractivity contribution in [2.45, 2.75) is 12.1 Å². The fourth-order valence-corrected chi connectivity index (χ4v) is 3.81. The first kappa shape index (κ1) is 20.8. The van der Waals surface area contributed by atoms with Gasteiger partial charge in [-0.3, -0.25) is 0 Å². The van der Waals surface area contributed by atoms with Crippen LogP contribution in [0.15, 0.2) is 33.2 Å². The summed E-state index contributed by atoms with van der Waals surface area (Å²) >= 11 is 7.07. The maximum absolute atomic E-state index is 6.47. The van der Waals surface area contributed by atoms with Crippen LogP contribution in [0, 0.1) is 0 Å². The van der Waals surface area contributed by atoms with Gasteiger partial charge in [0, 0.05) is 8.95 Å². The van der Waals surface area contributed by atoms with Crippen LogP contribution in [-0.2, 0) is 0 Å². The minimum Gasteiger partial charge on any atom is -0.493 e. The van der Waals surface area contributed by atoms with Crippen LogP contribution < -0.4 is 30.4 Å². The van der Waals surface area contributed by atoms with Crippen molar-refractivity contribution in [2.24, 2.45) is 11.5 Å². The first-order chi connectivity index (χ1) is 12.4. The molecule has 0 aliphatic rings. The number of hydrogen-bond donors (Lipinski definition) is 2. The van der Waals surface area contributed by atoms with Crippen molar-refractivity contribution in [2.75, 3.05) is 28.4 Å². The third kappa shape index (κ3) is 4.09. The van der Waals surface area contributed by atoms with Gasteiger partial charge >= 0.3 is 0 Å². The van der Waals surface area contributed by atoms with Gasteiger partial charge in [0.1, 0.15) is 0 Å². The molecule has 2 unspecified atom stereocenters. The number of methoxy groups -OCH3 is 4. The van der Waals surface area contributed by atoms with E-state index in [4.69, 9.17) is 30.4 Å². The third-order valence-electron chi connectivity index (χ3n) is 4.11. The Kier molecular flexibility index (Phi) is 7.16. The number of ether oxygens (including phenoxy) is 4. The molecule has 0 fully saturated rings. The Hall–Kier alpha value is -1.48. The molecule has 2 aromatic rings. The number of rotatable bonds is 7. The molecule has 0 heterocycles. The van der Waals surface area contributed by atoms with Gasteiger partial charge in [0.05, 0.1) is 40.5 Å². The predicted molar refractivity (Wildman–Crippen MR) is 108 cm³/mol. The second kappa shape index (κ2) is 8.94. The predicted octanol–water partition coefficient (Wildman–Crippen LogP) is 3.95. The molecule has 142 valence electrons. The highest BCUT2D eigenvalue weighted by atomic mass is 79.9. The van der Waals surface area contributed by atoms with Crippen molar-refractivity contribution in [1.82, 2.24) is 0 Å². The lowest BCUT2D eigenvalue weighted by Gasteiger charge is -2.24. The van der Waals surface area contributed by atoms with Crippen molar-refractivity contribution in [1.29, 1.82) is 0 Å². The number of halogens is 2. The number of nitrogens with two attached hydrogens (primary N) is 2. The zero-order chi connectivity index (χ0) is 19.4. The van der Waals surface area contributed by atoms with Crippen LogP contribution in [0.5, 0.6) is 23.0 Å². The highest BCUT2D eigenvalue weighted by Gasteiger charge is 2.25. The summed E-state index contributed by atoms with van der Waals surface area (Å²) in [5, 5.41) is 0. The summed E-state index contributed by atoms with van der Waals surface area (Å²) < 4.78 is 22.9. The van der Waals surface area contributed by atoms with Gasteiger partial charge in [0.15, 0.2) is 23.0 Å². The van der Waals surface area contributed by atoms with E-state index in [1.807, 2.05) is 24.3 Å². The Labute approximate surface area is 170 Å². The van der Waals surface area contributed by atoms with E-state index >= 15 is 0 Å². The molecule has 2 rings (SSSR count). The lowest BCUT2D eigenvalue weighted by molar-refractivity contribution is 0.352. The van der Waals surface area contributed by atoms with E-state index in [1.54, 1.807) is 28.4 Å². The zero-order valence-corrected chi connectivity index (χ0v) is 18.2. The average Bonchev–Trinajstić information content (AvgIpc) is 2.66. The average molecular weight is 490 g/mol. The monoisotopic (exact) mass is 488 g/mol. The zero-order valence-electron chi connectivity index (χ0n) is 15.0. The second-order valence-corrected chi connectivity index (χ2v) is 7.22. The van der Waals surface area contributed by atoms with E-state index < -0.39 is 12.1 Å². The summed E-state index contributed by atoms with van der Waals surface area (Å²) in [5.74, 6) is 2.38. The van der Waals surface area contributed by atoms with Crippen molar-refractivity contribution in [3.63, 3.8) is 0 Å². The largest absolute Gasteiger partial charge is 0.493 e. The van der Waals surface area contributed by atoms with Gasteiger partial charge in [-0.1, -0.05) is 31.9 Å². The van der Waals surface area contributed by atoms with E-state index in [1.165, 1.54) is 0 Å². The molecule has 2 atom stereocenters. The molecule has 6 nitrogen and oxygen atoms in total. The molecule has 0 saturated carbocycles. The van der Waals surface area contributed by atoms with Gasteiger partial charge in [-0.15, -0.1) is 0 Å². The summed E-state index contributed by atoms with van der Waals surface area (Å²) in [5.41, 5.74) is 14.6. The van der Waals surface area contributed by atoms with Crippen molar-refractivity contribution in [3.05, 3.63) is 44.3 Å². The highest BCUT2D eigenvalue weighted by molar-refractivity contribution is 9.10. The Bertz CT molecular complexity index is 721. The third-order valence-corrected chi connectivity index (χ3v) is 5.48. The molecule has 8 heteroatoms. The Balaban J connectivity index is 2.46. The lowest BCUT2D eigenvalue weighted by Crippen LogP contribution is -2.27. The smallest absolute Gasteiger partial charge is 0.161 e. The Morgan fingerprint density at radius 3 is 1.15 bits per heavy atom. The first-order valence-corrected chi connectivity index (χ1v) is 9.30. The summed E-state index contributed by atoms with van der Waals surface area (Å²) in [6.45, 7) is 0. The Morgan fingerprint density at radius 2 is 0.885 bits per heavy atom. The van der Waals surface area contributed by atoms with E-state index in [-0.39, 0.29) is 0 Å². The molecular formula is C18H22Br2N2O4. The molecule has 0 amide bonds. The van der Waals surface area contributed by atoms with Crippen molar-refractivity contribution in [3.8, 4) is 23.0 Å². The van der Waals surface area contributed by atoms with Crippen LogP contribution in [-0.4, -0.2) is 28.4 Å². The van der Waals surface area contributed by atoms with Crippen LogP contribution in [0.4, 0.5) is 0 Å². The summed E-state index contributed by atoms with van der Waals surface area (Å²) in [6, 6.07) is 6.26. The molecule has 0 bridgehead atoms. The van der Waals surface area contributed by atoms with Gasteiger partial charge in [0.2, 0.25) is 0 Å². The van der Waals surface area contributed by atoms with Gasteiger partial charge in [-0.05, 0) is 35.4 Å². The van der Waals surface area contributed by atoms with E-state index in [0.717, 1.165) is 20.1 Å².